The molecule has 1 aliphatic rings. The monoisotopic (exact) mass is 201 g/mol. The fraction of sp³-hybridized carbons (Fsp3) is 0.857. The van der Waals surface area contributed by atoms with Gasteiger partial charge in [-0.2, -0.15) is 0 Å². The van der Waals surface area contributed by atoms with Crippen LogP contribution in [0, 0.1) is 11.4 Å². The van der Waals surface area contributed by atoms with E-state index in [1.54, 1.807) is 0 Å². The summed E-state index contributed by atoms with van der Waals surface area (Å²) in [6.45, 7) is 0.816. The van der Waals surface area contributed by atoms with Crippen molar-refractivity contribution in [3.63, 3.8) is 0 Å². The smallest absolute Gasteiger partial charge is 0.407 e. The molecule has 0 bridgehead atoms. The normalized spacial score (nSPS) is 26.8. The molecule has 1 fully saturated rings. The van der Waals surface area contributed by atoms with Crippen LogP contribution in [0.1, 0.15) is 6.42 Å². The van der Waals surface area contributed by atoms with E-state index in [1.165, 1.54) is 4.90 Å². The van der Waals surface area contributed by atoms with Crippen molar-refractivity contribution in [2.24, 2.45) is 11.0 Å². The number of carboxylic acid groups (broad SMARTS) is 1. The Bertz CT molecular complexity index is 264. The molecule has 0 spiro atoms. The minimum absolute atomic E-state index is 0.0836. The fourth-order valence-corrected chi connectivity index (χ4v) is 1.51. The van der Waals surface area contributed by atoms with Gasteiger partial charge >= 0.3 is 6.09 Å². The van der Waals surface area contributed by atoms with Crippen LogP contribution >= 0.6 is 0 Å². The van der Waals surface area contributed by atoms with Crippen LogP contribution in [0.4, 0.5) is 4.79 Å². The summed E-state index contributed by atoms with van der Waals surface area (Å²) in [4.78, 5) is 14.6. The van der Waals surface area contributed by atoms with Crippen molar-refractivity contribution >= 4 is 6.09 Å². The number of nitrogens with zero attached hydrogens (tertiary/aromatic N) is 3. The van der Waals surface area contributed by atoms with E-state index in [0.29, 0.717) is 13.0 Å². The third-order valence-electron chi connectivity index (χ3n) is 2.38. The molecule has 0 aliphatic carbocycles. The second kappa shape index (κ2) is 4.69. The molecule has 2 unspecified atom stereocenters. The number of hydrogen-bond donors (Lipinski definition) is 3. The molecule has 2 atom stereocenters. The number of hydrogen-bond acceptors (Lipinski definition) is 4. The highest BCUT2D eigenvalue weighted by molar-refractivity contribution is 5.65. The maximum atomic E-state index is 10.6. The number of amides is 1. The molecule has 7 nitrogen and oxygen atoms in total. The number of likely N-dealkylation sites (tertiary alicyclic amines) is 1. The quantitative estimate of drug-likeness (QED) is 0.428. The number of nitrogens with one attached hydrogen (secondary N) is 1. The molecular formula is C7H13N4O3+. The molecule has 1 saturated heterocycles. The number of β-amino-alcohol motifs (C(OH)–C–C–N with tert-alkyl or cyclic N) is 1. The van der Waals surface area contributed by atoms with Crippen LogP contribution in [0.15, 0.2) is 5.11 Å². The highest BCUT2D eigenvalue weighted by Gasteiger charge is 2.30. The molecule has 14 heavy (non-hydrogen) atoms. The Morgan fingerprint density at radius 2 is 2.43 bits per heavy atom. The van der Waals surface area contributed by atoms with Gasteiger partial charge in [0.2, 0.25) is 4.91 Å². The lowest BCUT2D eigenvalue weighted by Crippen LogP contribution is -2.46. The summed E-state index contributed by atoms with van der Waals surface area (Å²) in [5.74, 6) is -0.0836. The zero-order chi connectivity index (χ0) is 10.6. The summed E-state index contributed by atoms with van der Waals surface area (Å²) in [6.07, 6.45) is -1.15. The Morgan fingerprint density at radius 1 is 1.71 bits per heavy atom. The molecule has 1 heterocycles. The Hall–Kier alpha value is -1.46. The van der Waals surface area contributed by atoms with Crippen molar-refractivity contribution in [1.82, 2.24) is 9.81 Å². The topological polar surface area (TPSA) is 111 Å². The first kappa shape index (κ1) is 10.6. The summed E-state index contributed by atoms with van der Waals surface area (Å²) in [5.41, 5.74) is 6.47. The molecule has 1 rings (SSSR count). The third kappa shape index (κ3) is 2.51. The summed E-state index contributed by atoms with van der Waals surface area (Å²) in [7, 11) is 0. The molecule has 78 valence electrons. The Labute approximate surface area is 80.6 Å². The van der Waals surface area contributed by atoms with E-state index < -0.39 is 12.2 Å². The van der Waals surface area contributed by atoms with Gasteiger partial charge in [-0.3, -0.25) is 0 Å². The van der Waals surface area contributed by atoms with Gasteiger partial charge in [0.1, 0.15) is 17.2 Å². The second-order valence-electron chi connectivity index (χ2n) is 3.27. The van der Waals surface area contributed by atoms with Crippen LogP contribution < -0.4 is 4.91 Å². The van der Waals surface area contributed by atoms with Crippen LogP contribution in [0.2, 0.25) is 0 Å². The minimum Gasteiger partial charge on any atom is -0.465 e. The van der Waals surface area contributed by atoms with Crippen molar-refractivity contribution in [2.75, 3.05) is 19.6 Å². The Morgan fingerprint density at radius 3 is 2.93 bits per heavy atom. The van der Waals surface area contributed by atoms with Crippen molar-refractivity contribution in [3.8, 4) is 0 Å². The average Bonchev–Trinajstić information content (AvgIpc) is 2.15. The lowest BCUT2D eigenvalue weighted by atomic mass is 9.94. The molecule has 0 saturated carbocycles. The van der Waals surface area contributed by atoms with Gasteiger partial charge in [0.15, 0.2) is 0 Å². The molecule has 1 aliphatic heterocycles. The van der Waals surface area contributed by atoms with Crippen LogP contribution in [0.3, 0.4) is 0 Å². The number of rotatable bonds is 2. The van der Waals surface area contributed by atoms with E-state index in [-0.39, 0.29) is 19.0 Å². The first-order chi connectivity index (χ1) is 6.65. The average molecular weight is 201 g/mol. The van der Waals surface area contributed by atoms with Gasteiger partial charge in [-0.25, -0.2) is 4.79 Å². The summed E-state index contributed by atoms with van der Waals surface area (Å²) < 4.78 is 0. The highest BCUT2D eigenvalue weighted by Crippen LogP contribution is 2.17. The van der Waals surface area contributed by atoms with Crippen LogP contribution in [-0.4, -0.2) is 46.9 Å². The largest absolute Gasteiger partial charge is 0.465 e. The zero-order valence-electron chi connectivity index (χ0n) is 7.63. The van der Waals surface area contributed by atoms with Crippen LogP contribution in [0.25, 0.3) is 0 Å². The van der Waals surface area contributed by atoms with Gasteiger partial charge in [0, 0.05) is 12.5 Å². The standard InChI is InChI=1S/C7H12N4O3/c8-10-9-3-5-1-2-11(7(13)14)4-6(5)12/h5-6,8,12H,1-4H2/p+1. The number of aliphatic hydroxyl groups is 1. The molecule has 0 aromatic carbocycles. The third-order valence-corrected chi connectivity index (χ3v) is 2.38. The van der Waals surface area contributed by atoms with Gasteiger partial charge in [-0.15, -0.1) is 0 Å². The summed E-state index contributed by atoms with van der Waals surface area (Å²) in [5, 5.41) is 21.7. The SMILES string of the molecule is N=[N+]=NCC1CCN(C(=O)O)CC1O. The predicted octanol–water partition coefficient (Wildman–Crippen LogP) is -0.102. The maximum absolute atomic E-state index is 10.6. The van der Waals surface area contributed by atoms with Gasteiger partial charge in [-0.05, 0) is 6.42 Å². The molecule has 7 heteroatoms. The van der Waals surface area contributed by atoms with Gasteiger partial charge in [0.25, 0.3) is 0 Å². The van der Waals surface area contributed by atoms with Gasteiger partial charge in [-0.1, -0.05) is 0 Å². The van der Waals surface area contributed by atoms with Crippen molar-refractivity contribution in [3.05, 3.63) is 0 Å². The number of aliphatic hydroxyl groups excluding tert-OH is 1. The van der Waals surface area contributed by atoms with E-state index in [0.717, 1.165) is 0 Å². The summed E-state index contributed by atoms with van der Waals surface area (Å²) in [6, 6.07) is 0. The lowest BCUT2D eigenvalue weighted by Gasteiger charge is -2.32. The van der Waals surface area contributed by atoms with Crippen molar-refractivity contribution in [1.29, 1.82) is 5.53 Å². The molecule has 1 amide bonds. The van der Waals surface area contributed by atoms with E-state index in [2.05, 4.69) is 10.0 Å². The van der Waals surface area contributed by atoms with Crippen molar-refractivity contribution < 1.29 is 15.0 Å². The lowest BCUT2D eigenvalue weighted by molar-refractivity contribution is 0.0275. The minimum atomic E-state index is -1.01. The molecule has 0 aromatic rings. The first-order valence-corrected chi connectivity index (χ1v) is 4.34. The Balaban J connectivity index is 2.47. The molecule has 0 radical (unpaired) electrons. The zero-order valence-corrected chi connectivity index (χ0v) is 7.63. The van der Waals surface area contributed by atoms with E-state index in [1.807, 2.05) is 0 Å². The van der Waals surface area contributed by atoms with E-state index >= 15 is 0 Å². The van der Waals surface area contributed by atoms with Crippen LogP contribution in [0.5, 0.6) is 0 Å². The number of carbonyl (C=O) groups is 1. The van der Waals surface area contributed by atoms with Crippen LogP contribution in [-0.2, 0) is 0 Å². The van der Waals surface area contributed by atoms with Gasteiger partial charge in [0.05, 0.1) is 12.6 Å². The van der Waals surface area contributed by atoms with E-state index in [9.17, 15) is 9.90 Å². The highest BCUT2D eigenvalue weighted by atomic mass is 16.4. The Kier molecular flexibility index (Phi) is 3.55. The first-order valence-electron chi connectivity index (χ1n) is 4.34. The second-order valence-corrected chi connectivity index (χ2v) is 3.27. The van der Waals surface area contributed by atoms with Crippen molar-refractivity contribution in [2.45, 2.75) is 12.5 Å². The summed E-state index contributed by atoms with van der Waals surface area (Å²) >= 11 is 0. The maximum Gasteiger partial charge on any atom is 0.407 e. The van der Waals surface area contributed by atoms with Gasteiger partial charge < -0.3 is 15.1 Å². The fourth-order valence-electron chi connectivity index (χ4n) is 1.51. The molecule has 3 N–H and O–H groups in total. The predicted molar refractivity (Wildman–Crippen MR) is 45.9 cm³/mol. The number of piperidine rings is 1. The molecular weight excluding hydrogens is 188 g/mol. The van der Waals surface area contributed by atoms with E-state index in [4.69, 9.17) is 10.6 Å². The molecule has 0 aromatic heterocycles.